The van der Waals surface area contributed by atoms with Crippen LogP contribution in [0.4, 0.5) is 0 Å². The Bertz CT molecular complexity index is 289. The molecule has 1 heteroatoms. The van der Waals surface area contributed by atoms with Crippen LogP contribution in [-0.4, -0.2) is 12.2 Å². The van der Waals surface area contributed by atoms with Crippen molar-refractivity contribution >= 4 is 0 Å². The van der Waals surface area contributed by atoms with Crippen molar-refractivity contribution in [2.45, 2.75) is 38.2 Å². The molecule has 75 valence electrons. The molecule has 0 aromatic heterocycles. The van der Waals surface area contributed by atoms with E-state index in [0.29, 0.717) is 5.92 Å². The highest BCUT2D eigenvalue weighted by Crippen LogP contribution is 2.35. The van der Waals surface area contributed by atoms with E-state index < -0.39 is 0 Å². The molecule has 0 N–H and O–H groups in total. The first-order valence-electron chi connectivity index (χ1n) is 5.27. The van der Waals surface area contributed by atoms with Crippen molar-refractivity contribution < 1.29 is 4.74 Å². The molecule has 1 saturated heterocycles. The Hall–Kier alpha value is -0.820. The quantitative estimate of drug-likeness (QED) is 0.659. The average molecular weight is 189 g/mol. The molecule has 0 amide bonds. The molecule has 1 nitrogen and oxygen atoms in total. The molecular formula is C13H17O. The van der Waals surface area contributed by atoms with Crippen LogP contribution in [0.5, 0.6) is 0 Å². The van der Waals surface area contributed by atoms with Crippen LogP contribution in [-0.2, 0) is 4.74 Å². The highest BCUT2D eigenvalue weighted by atomic mass is 16.5. The minimum absolute atomic E-state index is 0.0441. The summed E-state index contributed by atoms with van der Waals surface area (Å²) in [5.74, 6) is 0.661. The molecular weight excluding hydrogens is 172 g/mol. The van der Waals surface area contributed by atoms with E-state index in [0.717, 1.165) is 19.4 Å². The van der Waals surface area contributed by atoms with E-state index in [-0.39, 0.29) is 5.60 Å². The number of benzene rings is 1. The minimum atomic E-state index is 0.0441. The maximum atomic E-state index is 5.71. The van der Waals surface area contributed by atoms with Crippen LogP contribution in [0.25, 0.3) is 0 Å². The van der Waals surface area contributed by atoms with Crippen LogP contribution < -0.4 is 0 Å². The molecule has 1 aliphatic rings. The summed E-state index contributed by atoms with van der Waals surface area (Å²) in [5, 5.41) is 0. The van der Waals surface area contributed by atoms with E-state index in [1.165, 1.54) is 5.56 Å². The van der Waals surface area contributed by atoms with E-state index in [1.54, 1.807) is 0 Å². The minimum Gasteiger partial charge on any atom is -0.376 e. The summed E-state index contributed by atoms with van der Waals surface area (Å²) in [6.45, 7) is 5.23. The largest absolute Gasteiger partial charge is 0.376 e. The zero-order valence-corrected chi connectivity index (χ0v) is 8.92. The maximum absolute atomic E-state index is 5.71. The summed E-state index contributed by atoms with van der Waals surface area (Å²) in [4.78, 5) is 0. The van der Waals surface area contributed by atoms with E-state index >= 15 is 0 Å². The Morgan fingerprint density at radius 3 is 2.71 bits per heavy atom. The van der Waals surface area contributed by atoms with Crippen LogP contribution in [0.3, 0.4) is 0 Å². The molecule has 1 unspecified atom stereocenters. The standard InChI is InChI=1S/C13H17O/c1-13(2)10-12(8-9-14-13)11-6-4-3-5-7-11/h4-7,12H,8-10H2,1-2H3. The summed E-state index contributed by atoms with van der Waals surface area (Å²) in [6.07, 6.45) is 2.27. The van der Waals surface area contributed by atoms with Gasteiger partial charge in [0, 0.05) is 6.61 Å². The summed E-state index contributed by atoms with van der Waals surface area (Å²) >= 11 is 0. The van der Waals surface area contributed by atoms with E-state index in [1.807, 2.05) is 12.1 Å². The fourth-order valence-electron chi connectivity index (χ4n) is 2.19. The van der Waals surface area contributed by atoms with Crippen LogP contribution in [0.15, 0.2) is 24.3 Å². The number of hydrogen-bond acceptors (Lipinski definition) is 1. The van der Waals surface area contributed by atoms with Gasteiger partial charge in [-0.05, 0) is 44.2 Å². The molecule has 14 heavy (non-hydrogen) atoms. The van der Waals surface area contributed by atoms with Crippen molar-refractivity contribution in [2.24, 2.45) is 0 Å². The molecule has 1 heterocycles. The molecule has 0 bridgehead atoms. The monoisotopic (exact) mass is 189 g/mol. The lowest BCUT2D eigenvalue weighted by Gasteiger charge is -2.35. The first kappa shape index (κ1) is 9.72. The van der Waals surface area contributed by atoms with Crippen molar-refractivity contribution in [3.63, 3.8) is 0 Å². The second-order valence-electron chi connectivity index (χ2n) is 4.63. The Balaban J connectivity index is 2.12. The van der Waals surface area contributed by atoms with Crippen LogP contribution in [0.2, 0.25) is 0 Å². The molecule has 1 aromatic carbocycles. The van der Waals surface area contributed by atoms with Crippen molar-refractivity contribution in [3.8, 4) is 0 Å². The highest BCUT2D eigenvalue weighted by Gasteiger charge is 2.29. The smallest absolute Gasteiger partial charge is 0.0632 e. The van der Waals surface area contributed by atoms with Crippen LogP contribution in [0, 0.1) is 6.07 Å². The van der Waals surface area contributed by atoms with E-state index in [4.69, 9.17) is 4.74 Å². The topological polar surface area (TPSA) is 9.23 Å². The molecule has 1 aromatic rings. The summed E-state index contributed by atoms with van der Waals surface area (Å²) in [5.41, 5.74) is 1.47. The molecule has 0 aliphatic carbocycles. The van der Waals surface area contributed by atoms with Gasteiger partial charge in [-0.3, -0.25) is 0 Å². The Morgan fingerprint density at radius 2 is 2.07 bits per heavy atom. The van der Waals surface area contributed by atoms with E-state index in [2.05, 4.69) is 32.0 Å². The van der Waals surface area contributed by atoms with Crippen molar-refractivity contribution in [2.75, 3.05) is 6.61 Å². The fourth-order valence-corrected chi connectivity index (χ4v) is 2.19. The first-order valence-corrected chi connectivity index (χ1v) is 5.27. The Morgan fingerprint density at radius 1 is 1.36 bits per heavy atom. The average Bonchev–Trinajstić information content (AvgIpc) is 2.18. The van der Waals surface area contributed by atoms with Gasteiger partial charge in [-0.25, -0.2) is 0 Å². The molecule has 0 spiro atoms. The molecule has 1 fully saturated rings. The molecule has 0 saturated carbocycles. The third-order valence-corrected chi connectivity index (χ3v) is 2.91. The lowest BCUT2D eigenvalue weighted by atomic mass is 9.84. The fraction of sp³-hybridized carbons (Fsp3) is 0.538. The third kappa shape index (κ3) is 2.16. The second-order valence-corrected chi connectivity index (χ2v) is 4.63. The third-order valence-electron chi connectivity index (χ3n) is 2.91. The van der Waals surface area contributed by atoms with Gasteiger partial charge in [-0.1, -0.05) is 24.3 Å². The van der Waals surface area contributed by atoms with Gasteiger partial charge in [0.15, 0.2) is 0 Å². The van der Waals surface area contributed by atoms with Crippen LogP contribution >= 0.6 is 0 Å². The van der Waals surface area contributed by atoms with Gasteiger partial charge in [0.2, 0.25) is 0 Å². The van der Waals surface area contributed by atoms with E-state index in [9.17, 15) is 0 Å². The Labute approximate surface area is 86.1 Å². The Kier molecular flexibility index (Phi) is 2.60. The van der Waals surface area contributed by atoms with Crippen molar-refractivity contribution in [1.82, 2.24) is 0 Å². The van der Waals surface area contributed by atoms with Gasteiger partial charge < -0.3 is 4.74 Å². The molecule has 1 atom stereocenters. The zero-order chi connectivity index (χ0) is 10.0. The summed E-state index contributed by atoms with van der Waals surface area (Å²) < 4.78 is 5.71. The highest BCUT2D eigenvalue weighted by molar-refractivity contribution is 5.19. The molecule has 2 rings (SSSR count). The second kappa shape index (κ2) is 3.74. The van der Waals surface area contributed by atoms with Gasteiger partial charge in [0.05, 0.1) is 5.60 Å². The number of hydrogen-bond donors (Lipinski definition) is 0. The van der Waals surface area contributed by atoms with Gasteiger partial charge >= 0.3 is 0 Å². The predicted molar refractivity (Wildman–Crippen MR) is 57.3 cm³/mol. The van der Waals surface area contributed by atoms with Gasteiger partial charge in [-0.2, -0.15) is 0 Å². The zero-order valence-electron chi connectivity index (χ0n) is 8.92. The summed E-state index contributed by atoms with van der Waals surface area (Å²) in [6, 6.07) is 11.4. The maximum Gasteiger partial charge on any atom is 0.0632 e. The lowest BCUT2D eigenvalue weighted by molar-refractivity contribution is -0.0593. The first-order chi connectivity index (χ1) is 6.67. The number of rotatable bonds is 1. The van der Waals surface area contributed by atoms with Crippen molar-refractivity contribution in [3.05, 3.63) is 35.9 Å². The summed E-state index contributed by atoms with van der Waals surface area (Å²) in [7, 11) is 0. The van der Waals surface area contributed by atoms with Gasteiger partial charge in [-0.15, -0.1) is 0 Å². The normalized spacial score (nSPS) is 26.0. The number of ether oxygens (including phenoxy) is 1. The van der Waals surface area contributed by atoms with Crippen molar-refractivity contribution in [1.29, 1.82) is 0 Å². The van der Waals surface area contributed by atoms with Gasteiger partial charge in [0.1, 0.15) is 0 Å². The molecule has 1 radical (unpaired) electrons. The lowest BCUT2D eigenvalue weighted by Crippen LogP contribution is -2.32. The molecule has 1 aliphatic heterocycles. The predicted octanol–water partition coefficient (Wildman–Crippen LogP) is 3.16. The SMILES string of the molecule is CC1(C)CC(c2cc[c]cc2)CCO1. The van der Waals surface area contributed by atoms with Gasteiger partial charge in [0.25, 0.3) is 0 Å². The van der Waals surface area contributed by atoms with Crippen LogP contribution in [0.1, 0.15) is 38.2 Å².